The number of ketones is 1. The maximum atomic E-state index is 11.8. The molecule has 2 aromatic carbocycles. The Hall–Kier alpha value is -1.63. The number of carbonyl (C=O) groups excluding carboxylic acids is 1. The van der Waals surface area contributed by atoms with Crippen molar-refractivity contribution in [3.63, 3.8) is 0 Å². The molecule has 2 rings (SSSR count). The maximum Gasteiger partial charge on any atom is 0.160 e. The van der Waals surface area contributed by atoms with E-state index < -0.39 is 0 Å². The molecule has 0 heterocycles. The number of rotatable bonds is 2. The van der Waals surface area contributed by atoms with Crippen LogP contribution in [0.5, 0.6) is 0 Å². The highest BCUT2D eigenvalue weighted by Gasteiger charge is 2.13. The number of benzene rings is 2. The van der Waals surface area contributed by atoms with Crippen molar-refractivity contribution >= 4 is 16.6 Å². The molecular weight excluding hydrogens is 196 g/mol. The van der Waals surface area contributed by atoms with Gasteiger partial charge in [-0.25, -0.2) is 0 Å². The minimum absolute atomic E-state index is 0.153. The first-order valence-corrected chi connectivity index (χ1v) is 5.64. The highest BCUT2D eigenvalue weighted by atomic mass is 16.1. The Kier molecular flexibility index (Phi) is 2.78. The van der Waals surface area contributed by atoms with E-state index in [4.69, 9.17) is 0 Å². The molecular formula is C15H16O. The molecule has 1 heteroatoms. The lowest BCUT2D eigenvalue weighted by atomic mass is 9.90. The monoisotopic (exact) mass is 212 g/mol. The van der Waals surface area contributed by atoms with Crippen LogP contribution < -0.4 is 0 Å². The molecule has 0 saturated heterocycles. The van der Waals surface area contributed by atoms with Crippen LogP contribution in [0.2, 0.25) is 0 Å². The van der Waals surface area contributed by atoms with Crippen molar-refractivity contribution in [1.29, 1.82) is 0 Å². The zero-order chi connectivity index (χ0) is 11.7. The minimum atomic E-state index is 0.153. The number of hydrogen-bond donors (Lipinski definition) is 0. The van der Waals surface area contributed by atoms with E-state index in [-0.39, 0.29) is 5.78 Å². The molecule has 0 fully saturated rings. The standard InChI is InChI=1S/C15H16O/c1-10(2)13-9-8-12-6-4-5-7-14(12)15(13)11(3)16/h4-10H,1-3H3. The average molecular weight is 212 g/mol. The van der Waals surface area contributed by atoms with E-state index in [1.807, 2.05) is 24.3 Å². The van der Waals surface area contributed by atoms with Crippen molar-refractivity contribution in [1.82, 2.24) is 0 Å². The molecule has 0 unspecified atom stereocenters. The van der Waals surface area contributed by atoms with Crippen LogP contribution in [-0.2, 0) is 0 Å². The molecule has 0 amide bonds. The molecule has 0 aromatic heterocycles. The Morgan fingerprint density at radius 2 is 1.75 bits per heavy atom. The van der Waals surface area contributed by atoms with E-state index in [1.54, 1.807) is 6.92 Å². The molecule has 2 aromatic rings. The number of carbonyl (C=O) groups is 1. The summed E-state index contributed by atoms with van der Waals surface area (Å²) in [6, 6.07) is 12.2. The third-order valence-electron chi connectivity index (χ3n) is 2.94. The van der Waals surface area contributed by atoms with Crippen molar-refractivity contribution in [3.05, 3.63) is 47.5 Å². The Labute approximate surface area is 96.1 Å². The fourth-order valence-corrected chi connectivity index (χ4v) is 2.16. The Balaban J connectivity index is 2.84. The molecule has 0 bridgehead atoms. The second-order valence-corrected chi connectivity index (χ2v) is 4.46. The first kappa shape index (κ1) is 10.9. The first-order valence-electron chi connectivity index (χ1n) is 5.64. The summed E-state index contributed by atoms with van der Waals surface area (Å²) < 4.78 is 0. The van der Waals surface area contributed by atoms with Gasteiger partial charge in [-0.15, -0.1) is 0 Å². The van der Waals surface area contributed by atoms with Crippen LogP contribution >= 0.6 is 0 Å². The largest absolute Gasteiger partial charge is 0.294 e. The molecule has 1 nitrogen and oxygen atoms in total. The quantitative estimate of drug-likeness (QED) is 0.683. The van der Waals surface area contributed by atoms with Gasteiger partial charge in [-0.2, -0.15) is 0 Å². The summed E-state index contributed by atoms with van der Waals surface area (Å²) in [7, 11) is 0. The number of fused-ring (bicyclic) bond motifs is 1. The lowest BCUT2D eigenvalue weighted by molar-refractivity contribution is 0.101. The predicted octanol–water partition coefficient (Wildman–Crippen LogP) is 4.17. The fourth-order valence-electron chi connectivity index (χ4n) is 2.16. The smallest absolute Gasteiger partial charge is 0.160 e. The Bertz CT molecular complexity index is 538. The van der Waals surface area contributed by atoms with Gasteiger partial charge in [0.2, 0.25) is 0 Å². The fraction of sp³-hybridized carbons (Fsp3) is 0.267. The van der Waals surface area contributed by atoms with Gasteiger partial charge in [0.15, 0.2) is 5.78 Å². The van der Waals surface area contributed by atoms with E-state index in [2.05, 4.69) is 26.0 Å². The van der Waals surface area contributed by atoms with Gasteiger partial charge in [0, 0.05) is 5.56 Å². The van der Waals surface area contributed by atoms with E-state index in [0.29, 0.717) is 5.92 Å². The van der Waals surface area contributed by atoms with Crippen LogP contribution in [0.1, 0.15) is 42.6 Å². The van der Waals surface area contributed by atoms with Crippen LogP contribution in [0, 0.1) is 0 Å². The van der Waals surface area contributed by atoms with Crippen LogP contribution in [0.25, 0.3) is 10.8 Å². The van der Waals surface area contributed by atoms with Gasteiger partial charge < -0.3 is 0 Å². The zero-order valence-corrected chi connectivity index (χ0v) is 9.95. The highest BCUT2D eigenvalue weighted by Crippen LogP contribution is 2.27. The van der Waals surface area contributed by atoms with E-state index in [0.717, 1.165) is 21.9 Å². The summed E-state index contributed by atoms with van der Waals surface area (Å²) in [4.78, 5) is 11.8. The van der Waals surface area contributed by atoms with Gasteiger partial charge in [0.25, 0.3) is 0 Å². The highest BCUT2D eigenvalue weighted by molar-refractivity contribution is 6.08. The summed E-state index contributed by atoms with van der Waals surface area (Å²) in [6.07, 6.45) is 0. The normalized spacial score (nSPS) is 11.0. The van der Waals surface area contributed by atoms with Crippen LogP contribution in [-0.4, -0.2) is 5.78 Å². The summed E-state index contributed by atoms with van der Waals surface area (Å²) in [5.41, 5.74) is 2.03. The van der Waals surface area contributed by atoms with Gasteiger partial charge in [-0.3, -0.25) is 4.79 Å². The topological polar surface area (TPSA) is 17.1 Å². The second-order valence-electron chi connectivity index (χ2n) is 4.46. The summed E-state index contributed by atoms with van der Waals surface area (Å²) in [6.45, 7) is 5.89. The molecule has 0 saturated carbocycles. The van der Waals surface area contributed by atoms with Crippen LogP contribution in [0.15, 0.2) is 36.4 Å². The Morgan fingerprint density at radius 3 is 2.38 bits per heavy atom. The second kappa shape index (κ2) is 4.09. The lowest BCUT2D eigenvalue weighted by Gasteiger charge is -2.13. The predicted molar refractivity (Wildman–Crippen MR) is 68.0 cm³/mol. The van der Waals surface area contributed by atoms with Gasteiger partial charge in [-0.1, -0.05) is 50.2 Å². The molecule has 0 N–H and O–H groups in total. The maximum absolute atomic E-state index is 11.8. The Morgan fingerprint density at radius 1 is 1.06 bits per heavy atom. The molecule has 82 valence electrons. The van der Waals surface area contributed by atoms with Gasteiger partial charge in [-0.05, 0) is 29.2 Å². The van der Waals surface area contributed by atoms with Crippen molar-refractivity contribution in [3.8, 4) is 0 Å². The number of Topliss-reactive ketones (excluding diaryl/α,β-unsaturated/α-hetero) is 1. The van der Waals surface area contributed by atoms with E-state index in [1.165, 1.54) is 0 Å². The minimum Gasteiger partial charge on any atom is -0.294 e. The lowest BCUT2D eigenvalue weighted by Crippen LogP contribution is -2.02. The van der Waals surface area contributed by atoms with E-state index in [9.17, 15) is 4.79 Å². The zero-order valence-electron chi connectivity index (χ0n) is 9.95. The summed E-state index contributed by atoms with van der Waals surface area (Å²) in [5.74, 6) is 0.531. The van der Waals surface area contributed by atoms with E-state index >= 15 is 0 Å². The molecule has 0 radical (unpaired) electrons. The average Bonchev–Trinajstić information content (AvgIpc) is 2.27. The molecule has 0 spiro atoms. The first-order chi connectivity index (χ1) is 7.61. The van der Waals surface area contributed by atoms with Crippen molar-refractivity contribution in [2.24, 2.45) is 0 Å². The summed E-state index contributed by atoms with van der Waals surface area (Å²) >= 11 is 0. The van der Waals surface area contributed by atoms with Gasteiger partial charge in [0.05, 0.1) is 0 Å². The van der Waals surface area contributed by atoms with Crippen molar-refractivity contribution in [2.75, 3.05) is 0 Å². The SMILES string of the molecule is CC(=O)c1c(C(C)C)ccc2ccccc12. The third kappa shape index (κ3) is 1.73. The molecule has 0 aliphatic carbocycles. The van der Waals surface area contributed by atoms with Crippen LogP contribution in [0.4, 0.5) is 0 Å². The van der Waals surface area contributed by atoms with Gasteiger partial charge in [0.1, 0.15) is 0 Å². The summed E-state index contributed by atoms with van der Waals surface area (Å²) in [5, 5.41) is 2.21. The molecule has 0 atom stereocenters. The van der Waals surface area contributed by atoms with Gasteiger partial charge >= 0.3 is 0 Å². The van der Waals surface area contributed by atoms with Crippen molar-refractivity contribution < 1.29 is 4.79 Å². The van der Waals surface area contributed by atoms with Crippen LogP contribution in [0.3, 0.4) is 0 Å². The molecule has 0 aliphatic heterocycles. The van der Waals surface area contributed by atoms with Crippen molar-refractivity contribution in [2.45, 2.75) is 26.7 Å². The molecule has 16 heavy (non-hydrogen) atoms. The third-order valence-corrected chi connectivity index (χ3v) is 2.94. The number of hydrogen-bond acceptors (Lipinski definition) is 1. The molecule has 0 aliphatic rings.